The van der Waals surface area contributed by atoms with Crippen molar-refractivity contribution in [3.63, 3.8) is 0 Å². The molecule has 0 aliphatic rings. The van der Waals surface area contributed by atoms with Gasteiger partial charge in [-0.3, -0.25) is 0 Å². The number of hydrogen-bond acceptors (Lipinski definition) is 6. The third-order valence-corrected chi connectivity index (χ3v) is 3.40. The molecule has 0 amide bonds. The van der Waals surface area contributed by atoms with E-state index < -0.39 is 11.9 Å². The lowest BCUT2D eigenvalue weighted by Crippen LogP contribution is -2.41. The SMILES string of the molecule is CCOC(CCCCC(OCC)(OCC)OCC)(OCC)OCC. The third kappa shape index (κ3) is 8.74. The van der Waals surface area contributed by atoms with Crippen LogP contribution in [0.15, 0.2) is 0 Å². The normalized spacial score (nSPS) is 12.8. The van der Waals surface area contributed by atoms with E-state index in [9.17, 15) is 0 Å². The fraction of sp³-hybridized carbons (Fsp3) is 1.00. The molecule has 0 radical (unpaired) electrons. The molecule has 0 aromatic carbocycles. The molecule has 0 saturated carbocycles. The van der Waals surface area contributed by atoms with E-state index in [0.717, 1.165) is 12.8 Å². The Morgan fingerprint density at radius 1 is 0.417 bits per heavy atom. The maximum atomic E-state index is 5.75. The zero-order valence-corrected chi connectivity index (χ0v) is 16.5. The number of unbranched alkanes of at least 4 members (excludes halogenated alkanes) is 1. The van der Waals surface area contributed by atoms with Crippen LogP contribution < -0.4 is 0 Å². The molecule has 0 aromatic rings. The van der Waals surface area contributed by atoms with Crippen LogP contribution in [-0.4, -0.2) is 51.6 Å². The van der Waals surface area contributed by atoms with Gasteiger partial charge in [0.2, 0.25) is 0 Å². The van der Waals surface area contributed by atoms with Crippen LogP contribution in [0.4, 0.5) is 0 Å². The Kier molecular flexibility index (Phi) is 13.8. The van der Waals surface area contributed by atoms with Gasteiger partial charge in [0.25, 0.3) is 11.9 Å². The smallest absolute Gasteiger partial charge is 0.282 e. The van der Waals surface area contributed by atoms with Crippen molar-refractivity contribution in [1.82, 2.24) is 0 Å². The minimum atomic E-state index is -0.955. The van der Waals surface area contributed by atoms with Gasteiger partial charge in [-0.25, -0.2) is 0 Å². The Balaban J connectivity index is 4.64. The lowest BCUT2D eigenvalue weighted by Gasteiger charge is -2.34. The van der Waals surface area contributed by atoms with Crippen molar-refractivity contribution in [2.24, 2.45) is 0 Å². The van der Waals surface area contributed by atoms with Gasteiger partial charge in [0.1, 0.15) is 0 Å². The van der Waals surface area contributed by atoms with Gasteiger partial charge in [0, 0.05) is 52.5 Å². The molecule has 0 saturated heterocycles. The second kappa shape index (κ2) is 14.0. The van der Waals surface area contributed by atoms with Gasteiger partial charge in [0.15, 0.2) is 0 Å². The summed E-state index contributed by atoms with van der Waals surface area (Å²) in [5, 5.41) is 0. The van der Waals surface area contributed by atoms with Crippen LogP contribution in [0.25, 0.3) is 0 Å². The summed E-state index contributed by atoms with van der Waals surface area (Å²) in [5.74, 6) is -1.91. The molecule has 0 spiro atoms. The molecule has 0 unspecified atom stereocenters. The molecule has 0 N–H and O–H groups in total. The van der Waals surface area contributed by atoms with E-state index in [1.54, 1.807) is 0 Å². The van der Waals surface area contributed by atoms with Gasteiger partial charge < -0.3 is 28.4 Å². The Bertz CT molecular complexity index is 223. The third-order valence-electron chi connectivity index (χ3n) is 3.40. The van der Waals surface area contributed by atoms with E-state index in [4.69, 9.17) is 28.4 Å². The largest absolute Gasteiger partial charge is 0.328 e. The van der Waals surface area contributed by atoms with Crippen LogP contribution >= 0.6 is 0 Å². The van der Waals surface area contributed by atoms with Crippen molar-refractivity contribution in [3.8, 4) is 0 Å². The highest BCUT2D eigenvalue weighted by Crippen LogP contribution is 2.27. The summed E-state index contributed by atoms with van der Waals surface area (Å²) in [6, 6.07) is 0. The van der Waals surface area contributed by atoms with Gasteiger partial charge in [-0.2, -0.15) is 0 Å². The molecule has 0 fully saturated rings. The molecule has 0 aliphatic heterocycles. The van der Waals surface area contributed by atoms with Gasteiger partial charge in [0.05, 0.1) is 0 Å². The Hall–Kier alpha value is -0.240. The van der Waals surface area contributed by atoms with Crippen LogP contribution in [0.2, 0.25) is 0 Å². The minimum absolute atomic E-state index is 0.542. The molecular weight excluding hydrogens is 312 g/mol. The summed E-state index contributed by atoms with van der Waals surface area (Å²) in [5.41, 5.74) is 0. The highest BCUT2D eigenvalue weighted by atomic mass is 16.9. The molecule has 6 nitrogen and oxygen atoms in total. The molecule has 146 valence electrons. The summed E-state index contributed by atoms with van der Waals surface area (Å²) in [6.07, 6.45) is 3.02. The Morgan fingerprint density at radius 3 is 0.792 bits per heavy atom. The van der Waals surface area contributed by atoms with Gasteiger partial charge in [-0.15, -0.1) is 0 Å². The summed E-state index contributed by atoms with van der Waals surface area (Å²) in [4.78, 5) is 0. The van der Waals surface area contributed by atoms with E-state index in [2.05, 4.69) is 0 Å². The van der Waals surface area contributed by atoms with Crippen LogP contribution in [0.1, 0.15) is 67.2 Å². The fourth-order valence-electron chi connectivity index (χ4n) is 2.69. The highest BCUT2D eigenvalue weighted by Gasteiger charge is 2.34. The van der Waals surface area contributed by atoms with Gasteiger partial charge in [-0.05, 0) is 54.4 Å². The average molecular weight is 350 g/mol. The van der Waals surface area contributed by atoms with Gasteiger partial charge in [-0.1, -0.05) is 0 Å². The van der Waals surface area contributed by atoms with E-state index in [1.165, 1.54) is 0 Å². The van der Waals surface area contributed by atoms with E-state index in [1.807, 2.05) is 41.5 Å². The maximum absolute atomic E-state index is 5.75. The predicted octanol–water partition coefficient (Wildman–Crippen LogP) is 4.07. The molecule has 0 heterocycles. The number of hydrogen-bond donors (Lipinski definition) is 0. The molecular formula is C18H38O6. The van der Waals surface area contributed by atoms with Crippen LogP contribution in [0, 0.1) is 0 Å². The zero-order chi connectivity index (χ0) is 18.3. The van der Waals surface area contributed by atoms with E-state index >= 15 is 0 Å². The van der Waals surface area contributed by atoms with Crippen molar-refractivity contribution in [1.29, 1.82) is 0 Å². The molecule has 0 bridgehead atoms. The zero-order valence-electron chi connectivity index (χ0n) is 16.5. The lowest BCUT2D eigenvalue weighted by molar-refractivity contribution is -0.385. The fourth-order valence-corrected chi connectivity index (χ4v) is 2.69. The summed E-state index contributed by atoms with van der Waals surface area (Å²) < 4.78 is 34.5. The molecule has 0 rings (SSSR count). The maximum Gasteiger partial charge on any atom is 0.282 e. The Morgan fingerprint density at radius 2 is 0.625 bits per heavy atom. The first-order valence-corrected chi connectivity index (χ1v) is 9.41. The van der Waals surface area contributed by atoms with E-state index in [0.29, 0.717) is 52.5 Å². The average Bonchev–Trinajstić information content (AvgIpc) is 2.53. The lowest BCUT2D eigenvalue weighted by atomic mass is 10.1. The van der Waals surface area contributed by atoms with Crippen molar-refractivity contribution in [2.45, 2.75) is 79.2 Å². The first-order chi connectivity index (χ1) is 11.6. The first kappa shape index (κ1) is 23.8. The quantitative estimate of drug-likeness (QED) is 0.291. The predicted molar refractivity (Wildman–Crippen MR) is 93.7 cm³/mol. The number of rotatable bonds is 17. The molecule has 24 heavy (non-hydrogen) atoms. The van der Waals surface area contributed by atoms with Crippen molar-refractivity contribution in [3.05, 3.63) is 0 Å². The van der Waals surface area contributed by atoms with Crippen molar-refractivity contribution in [2.75, 3.05) is 39.6 Å². The second-order valence-corrected chi connectivity index (χ2v) is 5.17. The van der Waals surface area contributed by atoms with Gasteiger partial charge >= 0.3 is 0 Å². The summed E-state index contributed by atoms with van der Waals surface area (Å²) in [6.45, 7) is 14.9. The van der Waals surface area contributed by atoms with E-state index in [-0.39, 0.29) is 0 Å². The second-order valence-electron chi connectivity index (χ2n) is 5.17. The van der Waals surface area contributed by atoms with Crippen molar-refractivity contribution >= 4 is 0 Å². The van der Waals surface area contributed by atoms with Crippen LogP contribution in [0.5, 0.6) is 0 Å². The van der Waals surface area contributed by atoms with Crippen LogP contribution in [-0.2, 0) is 28.4 Å². The summed E-state index contributed by atoms with van der Waals surface area (Å²) in [7, 11) is 0. The first-order valence-electron chi connectivity index (χ1n) is 9.41. The minimum Gasteiger partial charge on any atom is -0.328 e. The molecule has 0 aromatic heterocycles. The number of ether oxygens (including phenoxy) is 6. The topological polar surface area (TPSA) is 55.4 Å². The summed E-state index contributed by atoms with van der Waals surface area (Å²) >= 11 is 0. The standard InChI is InChI=1S/C18H38O6/c1-7-19-17(20-8-2,21-9-3)15-13-14-16-18(22-10-4,23-11-5)24-12-6/h7-16H2,1-6H3. The highest BCUT2D eigenvalue weighted by molar-refractivity contribution is 4.63. The van der Waals surface area contributed by atoms with Crippen molar-refractivity contribution < 1.29 is 28.4 Å². The Labute approximate surface area is 148 Å². The van der Waals surface area contributed by atoms with Crippen LogP contribution in [0.3, 0.4) is 0 Å². The molecule has 6 heteroatoms. The molecule has 0 atom stereocenters. The monoisotopic (exact) mass is 350 g/mol. The molecule has 0 aliphatic carbocycles.